The van der Waals surface area contributed by atoms with Gasteiger partial charge >= 0.3 is 0 Å². The Morgan fingerprint density at radius 2 is 2.07 bits per heavy atom. The first-order valence-electron chi connectivity index (χ1n) is 5.01. The highest BCUT2D eigenvalue weighted by atomic mass is 32.2. The molecule has 0 N–H and O–H groups in total. The molecular formula is C12H18O2S. The Hall–Kier alpha value is -0.670. The number of aryl methyl sites for hydroxylation is 2. The third-order valence-corrected chi connectivity index (χ3v) is 2.63. The highest BCUT2D eigenvalue weighted by Gasteiger charge is 1.98. The van der Waals surface area contributed by atoms with E-state index in [0.717, 1.165) is 23.7 Å². The van der Waals surface area contributed by atoms with E-state index in [1.54, 1.807) is 11.8 Å². The lowest BCUT2D eigenvalue weighted by Gasteiger charge is -2.09. The van der Waals surface area contributed by atoms with Crippen LogP contribution >= 0.6 is 11.8 Å². The molecule has 3 heteroatoms. The molecule has 0 bridgehead atoms. The Kier molecular flexibility index (Phi) is 5.58. The Morgan fingerprint density at radius 1 is 1.27 bits per heavy atom. The molecule has 84 valence electrons. The smallest absolute Gasteiger partial charge is 0.189 e. The lowest BCUT2D eigenvalue weighted by atomic mass is 10.1. The molecule has 0 aromatic heterocycles. The van der Waals surface area contributed by atoms with Gasteiger partial charge in [0.1, 0.15) is 5.75 Å². The number of thioether (sulfide) groups is 1. The van der Waals surface area contributed by atoms with Gasteiger partial charge in [0.25, 0.3) is 0 Å². The van der Waals surface area contributed by atoms with Gasteiger partial charge in [-0.15, -0.1) is 0 Å². The Labute approximate surface area is 96.0 Å². The van der Waals surface area contributed by atoms with E-state index in [0.29, 0.717) is 6.79 Å². The van der Waals surface area contributed by atoms with Crippen molar-refractivity contribution in [2.24, 2.45) is 0 Å². The summed E-state index contributed by atoms with van der Waals surface area (Å²) in [4.78, 5) is 0. The van der Waals surface area contributed by atoms with Crippen molar-refractivity contribution in [1.82, 2.24) is 0 Å². The lowest BCUT2D eigenvalue weighted by molar-refractivity contribution is 0.0234. The second-order valence-electron chi connectivity index (χ2n) is 3.43. The van der Waals surface area contributed by atoms with E-state index in [1.807, 2.05) is 19.1 Å². The molecule has 2 nitrogen and oxygen atoms in total. The molecule has 0 heterocycles. The Balaban J connectivity index is 2.31. The van der Waals surface area contributed by atoms with E-state index in [4.69, 9.17) is 9.47 Å². The zero-order valence-electron chi connectivity index (χ0n) is 9.58. The SMILES string of the molecule is CSCCOCOc1ccc(C)cc1C. The minimum atomic E-state index is 0.338. The number of rotatable bonds is 6. The zero-order valence-corrected chi connectivity index (χ0v) is 10.4. The molecule has 0 amide bonds. The summed E-state index contributed by atoms with van der Waals surface area (Å²) in [6.45, 7) is 5.20. The van der Waals surface area contributed by atoms with Crippen molar-refractivity contribution in [1.29, 1.82) is 0 Å². The van der Waals surface area contributed by atoms with Gasteiger partial charge in [0.05, 0.1) is 6.61 Å². The molecule has 0 saturated carbocycles. The van der Waals surface area contributed by atoms with E-state index >= 15 is 0 Å². The summed E-state index contributed by atoms with van der Waals surface area (Å²) in [5.41, 5.74) is 2.41. The first-order chi connectivity index (χ1) is 7.24. The highest BCUT2D eigenvalue weighted by Crippen LogP contribution is 2.18. The normalized spacial score (nSPS) is 10.3. The summed E-state index contributed by atoms with van der Waals surface area (Å²) < 4.78 is 10.8. The molecule has 0 saturated heterocycles. The minimum absolute atomic E-state index is 0.338. The molecule has 15 heavy (non-hydrogen) atoms. The van der Waals surface area contributed by atoms with Crippen LogP contribution in [0.2, 0.25) is 0 Å². The van der Waals surface area contributed by atoms with Crippen LogP contribution in [0.1, 0.15) is 11.1 Å². The predicted molar refractivity (Wildman–Crippen MR) is 65.7 cm³/mol. The molecule has 1 aromatic carbocycles. The lowest BCUT2D eigenvalue weighted by Crippen LogP contribution is -2.06. The van der Waals surface area contributed by atoms with E-state index < -0.39 is 0 Å². The number of hydrogen-bond acceptors (Lipinski definition) is 3. The first-order valence-corrected chi connectivity index (χ1v) is 6.40. The quantitative estimate of drug-likeness (QED) is 0.549. The number of hydrogen-bond donors (Lipinski definition) is 0. The largest absolute Gasteiger partial charge is 0.467 e. The van der Waals surface area contributed by atoms with Crippen LogP contribution in [0.25, 0.3) is 0 Å². The van der Waals surface area contributed by atoms with Crippen LogP contribution in [0.4, 0.5) is 0 Å². The number of benzene rings is 1. The molecule has 0 unspecified atom stereocenters. The topological polar surface area (TPSA) is 18.5 Å². The Bertz CT molecular complexity index is 300. The standard InChI is InChI=1S/C12H18O2S/c1-10-4-5-12(11(2)8-10)14-9-13-6-7-15-3/h4-5,8H,6-7,9H2,1-3H3. The van der Waals surface area contributed by atoms with Crippen LogP contribution < -0.4 is 4.74 Å². The van der Waals surface area contributed by atoms with Gasteiger partial charge in [0.2, 0.25) is 0 Å². The van der Waals surface area contributed by atoms with Crippen molar-refractivity contribution in [3.05, 3.63) is 29.3 Å². The maximum Gasteiger partial charge on any atom is 0.189 e. The molecule has 0 fully saturated rings. The summed E-state index contributed by atoms with van der Waals surface area (Å²) in [6.07, 6.45) is 2.06. The van der Waals surface area contributed by atoms with Crippen molar-refractivity contribution >= 4 is 11.8 Å². The van der Waals surface area contributed by atoms with E-state index in [2.05, 4.69) is 19.2 Å². The van der Waals surface area contributed by atoms with Crippen LogP contribution in [0, 0.1) is 13.8 Å². The molecule has 1 aromatic rings. The van der Waals surface area contributed by atoms with Crippen LogP contribution in [-0.4, -0.2) is 25.4 Å². The van der Waals surface area contributed by atoms with Crippen molar-refractivity contribution in [2.45, 2.75) is 13.8 Å². The van der Waals surface area contributed by atoms with Gasteiger partial charge in [-0.3, -0.25) is 0 Å². The molecule has 0 spiro atoms. The van der Waals surface area contributed by atoms with Crippen molar-refractivity contribution in [3.8, 4) is 5.75 Å². The second kappa shape index (κ2) is 6.75. The fourth-order valence-electron chi connectivity index (χ4n) is 1.27. The summed E-state index contributed by atoms with van der Waals surface area (Å²) in [6, 6.07) is 6.14. The van der Waals surface area contributed by atoms with Crippen molar-refractivity contribution in [2.75, 3.05) is 25.4 Å². The van der Waals surface area contributed by atoms with Gasteiger partial charge in [0, 0.05) is 5.75 Å². The zero-order chi connectivity index (χ0) is 11.1. The van der Waals surface area contributed by atoms with Gasteiger partial charge in [-0.25, -0.2) is 0 Å². The maximum atomic E-state index is 5.51. The highest BCUT2D eigenvalue weighted by molar-refractivity contribution is 7.98. The molecule has 0 atom stereocenters. The van der Waals surface area contributed by atoms with Gasteiger partial charge in [0.15, 0.2) is 6.79 Å². The minimum Gasteiger partial charge on any atom is -0.467 e. The molecular weight excluding hydrogens is 208 g/mol. The van der Waals surface area contributed by atoms with Crippen molar-refractivity contribution in [3.63, 3.8) is 0 Å². The van der Waals surface area contributed by atoms with Gasteiger partial charge in [-0.2, -0.15) is 11.8 Å². The van der Waals surface area contributed by atoms with E-state index in [9.17, 15) is 0 Å². The van der Waals surface area contributed by atoms with Crippen LogP contribution in [0.3, 0.4) is 0 Å². The molecule has 0 aliphatic carbocycles. The molecule has 0 aliphatic heterocycles. The first kappa shape index (κ1) is 12.4. The average molecular weight is 226 g/mol. The van der Waals surface area contributed by atoms with Gasteiger partial charge < -0.3 is 9.47 Å². The van der Waals surface area contributed by atoms with Gasteiger partial charge in [-0.05, 0) is 31.7 Å². The maximum absolute atomic E-state index is 5.51. The third-order valence-electron chi connectivity index (χ3n) is 2.06. The molecule has 0 aliphatic rings. The average Bonchev–Trinajstić information content (AvgIpc) is 2.20. The number of ether oxygens (including phenoxy) is 2. The van der Waals surface area contributed by atoms with Crippen LogP contribution in [-0.2, 0) is 4.74 Å². The van der Waals surface area contributed by atoms with Crippen LogP contribution in [0.5, 0.6) is 5.75 Å². The monoisotopic (exact) mass is 226 g/mol. The second-order valence-corrected chi connectivity index (χ2v) is 4.42. The molecule has 1 rings (SSSR count). The summed E-state index contributed by atoms with van der Waals surface area (Å²) in [5, 5.41) is 0. The fourth-order valence-corrected chi connectivity index (χ4v) is 1.55. The summed E-state index contributed by atoms with van der Waals surface area (Å²) >= 11 is 1.77. The Morgan fingerprint density at radius 3 is 2.73 bits per heavy atom. The predicted octanol–water partition coefficient (Wildman–Crippen LogP) is 3.02. The summed E-state index contributed by atoms with van der Waals surface area (Å²) in [5.74, 6) is 1.92. The summed E-state index contributed by atoms with van der Waals surface area (Å²) in [7, 11) is 0. The molecule has 0 radical (unpaired) electrons. The van der Waals surface area contributed by atoms with Crippen LogP contribution in [0.15, 0.2) is 18.2 Å². The van der Waals surface area contributed by atoms with E-state index in [-0.39, 0.29) is 0 Å². The van der Waals surface area contributed by atoms with E-state index in [1.165, 1.54) is 5.56 Å². The van der Waals surface area contributed by atoms with Crippen molar-refractivity contribution < 1.29 is 9.47 Å². The van der Waals surface area contributed by atoms with Gasteiger partial charge in [-0.1, -0.05) is 17.7 Å². The fraction of sp³-hybridized carbons (Fsp3) is 0.500. The third kappa shape index (κ3) is 4.58.